The van der Waals surface area contributed by atoms with Gasteiger partial charge in [0.2, 0.25) is 0 Å². The third-order valence-corrected chi connectivity index (χ3v) is 5.14. The largest absolute Gasteiger partial charge is 0.493 e. The molecule has 0 atom stereocenters. The second-order valence-corrected chi connectivity index (χ2v) is 6.87. The Hall–Kier alpha value is -2.53. The number of hydrogen-bond acceptors (Lipinski definition) is 4. The molecule has 1 heterocycles. The van der Waals surface area contributed by atoms with E-state index in [-0.39, 0.29) is 5.91 Å². The van der Waals surface area contributed by atoms with E-state index < -0.39 is 0 Å². The van der Waals surface area contributed by atoms with Crippen LogP contribution in [0.1, 0.15) is 25.0 Å². The number of carbonyl (C=O) groups excluding carboxylic acids is 1. The van der Waals surface area contributed by atoms with Gasteiger partial charge in [0.05, 0.1) is 17.2 Å². The number of aliphatic imine (C=N–C) groups is 1. The molecule has 0 N–H and O–H groups in total. The van der Waals surface area contributed by atoms with Crippen LogP contribution in [0, 0.1) is 0 Å². The number of likely N-dealkylation sites (N-methyl/N-ethyl adjacent to an activating group) is 1. The average Bonchev–Trinajstić information content (AvgIpc) is 2.92. The summed E-state index contributed by atoms with van der Waals surface area (Å²) >= 11 is 1.39. The molecular weight excluding hydrogens is 344 g/mol. The molecule has 0 aromatic heterocycles. The highest BCUT2D eigenvalue weighted by atomic mass is 32.2. The zero-order valence-corrected chi connectivity index (χ0v) is 16.0. The van der Waals surface area contributed by atoms with Crippen LogP contribution in [0.25, 0.3) is 6.08 Å². The summed E-state index contributed by atoms with van der Waals surface area (Å²) in [6.07, 6.45) is 2.87. The minimum atomic E-state index is -0.0507. The summed E-state index contributed by atoms with van der Waals surface area (Å²) in [4.78, 5) is 19.5. The summed E-state index contributed by atoms with van der Waals surface area (Å²) in [6.45, 7) is 4.65. The molecule has 3 rings (SSSR count). The lowest BCUT2D eigenvalue weighted by molar-refractivity contribution is -0.121. The molecule has 1 saturated heterocycles. The van der Waals surface area contributed by atoms with Gasteiger partial charge in [0.15, 0.2) is 5.17 Å². The highest BCUT2D eigenvalue weighted by molar-refractivity contribution is 8.18. The quantitative estimate of drug-likeness (QED) is 0.708. The van der Waals surface area contributed by atoms with Crippen LogP contribution in [-0.2, 0) is 11.2 Å². The molecule has 0 spiro atoms. The van der Waals surface area contributed by atoms with Gasteiger partial charge in [0.25, 0.3) is 5.91 Å². The number of nitrogens with zero attached hydrogens (tertiary/aromatic N) is 2. The topological polar surface area (TPSA) is 41.9 Å². The molecule has 0 bridgehead atoms. The highest BCUT2D eigenvalue weighted by Gasteiger charge is 2.30. The maximum absolute atomic E-state index is 12.6. The van der Waals surface area contributed by atoms with Gasteiger partial charge in [-0.15, -0.1) is 0 Å². The van der Waals surface area contributed by atoms with E-state index in [2.05, 4.69) is 24.0 Å². The van der Waals surface area contributed by atoms with Crippen molar-refractivity contribution < 1.29 is 9.53 Å². The Labute approximate surface area is 158 Å². The minimum Gasteiger partial charge on any atom is -0.493 e. The zero-order chi connectivity index (χ0) is 18.5. The number of aryl methyl sites for hydroxylation is 1. The van der Waals surface area contributed by atoms with E-state index >= 15 is 0 Å². The fraction of sp³-hybridized carbons (Fsp3) is 0.238. The van der Waals surface area contributed by atoms with E-state index in [1.165, 1.54) is 17.3 Å². The third-order valence-electron chi connectivity index (χ3n) is 4.08. The molecule has 4 nitrogen and oxygen atoms in total. The molecular formula is C21H22N2O2S. The Bertz CT molecular complexity index is 857. The van der Waals surface area contributed by atoms with Crippen LogP contribution in [0.4, 0.5) is 5.69 Å². The number of carbonyl (C=O) groups is 1. The van der Waals surface area contributed by atoms with Crippen LogP contribution in [0.5, 0.6) is 5.75 Å². The van der Waals surface area contributed by atoms with E-state index in [1.54, 1.807) is 11.9 Å². The molecule has 2 aromatic rings. The smallest absolute Gasteiger partial charge is 0.266 e. The van der Waals surface area contributed by atoms with Crippen molar-refractivity contribution in [3.05, 3.63) is 64.6 Å². The summed E-state index contributed by atoms with van der Waals surface area (Å²) in [5, 5.41) is 0.680. The molecule has 26 heavy (non-hydrogen) atoms. The first kappa shape index (κ1) is 18.3. The van der Waals surface area contributed by atoms with E-state index in [9.17, 15) is 4.79 Å². The lowest BCUT2D eigenvalue weighted by Gasteiger charge is -2.07. The Balaban J connectivity index is 1.87. The van der Waals surface area contributed by atoms with Gasteiger partial charge in [-0.2, -0.15) is 0 Å². The lowest BCUT2D eigenvalue weighted by atomic mass is 10.2. The number of ether oxygens (including phenoxy) is 1. The van der Waals surface area contributed by atoms with Gasteiger partial charge in [-0.05, 0) is 54.9 Å². The van der Waals surface area contributed by atoms with Crippen molar-refractivity contribution in [2.75, 3.05) is 13.7 Å². The lowest BCUT2D eigenvalue weighted by Crippen LogP contribution is -2.23. The van der Waals surface area contributed by atoms with Crippen molar-refractivity contribution >= 4 is 34.6 Å². The number of amidine groups is 1. The van der Waals surface area contributed by atoms with Crippen LogP contribution in [0.2, 0.25) is 0 Å². The van der Waals surface area contributed by atoms with Crippen molar-refractivity contribution in [1.82, 2.24) is 4.90 Å². The summed E-state index contributed by atoms with van der Waals surface area (Å²) in [6, 6.07) is 15.8. The molecule has 1 aliphatic heterocycles. The predicted molar refractivity (Wildman–Crippen MR) is 109 cm³/mol. The number of amides is 1. The number of rotatable bonds is 5. The number of hydrogen-bond donors (Lipinski definition) is 0. The van der Waals surface area contributed by atoms with Gasteiger partial charge in [-0.1, -0.05) is 37.3 Å². The number of para-hydroxylation sites is 1. The number of thioether (sulfide) groups is 1. The van der Waals surface area contributed by atoms with Gasteiger partial charge < -0.3 is 4.74 Å². The Morgan fingerprint density at radius 2 is 1.85 bits per heavy atom. The van der Waals surface area contributed by atoms with Crippen molar-refractivity contribution in [1.29, 1.82) is 0 Å². The standard InChI is InChI=1S/C21H22N2O2S/c1-4-15-10-12-17(13-11-15)22-21-23(3)20(24)19(26-21)14-16-8-6-7-9-18(16)25-5-2/h6-14H,4-5H2,1-3H3/b19-14+,22-21?. The van der Waals surface area contributed by atoms with Crippen molar-refractivity contribution in [3.63, 3.8) is 0 Å². The van der Waals surface area contributed by atoms with E-state index in [1.807, 2.05) is 49.4 Å². The fourth-order valence-corrected chi connectivity index (χ4v) is 3.57. The first-order valence-electron chi connectivity index (χ1n) is 8.69. The average molecular weight is 366 g/mol. The van der Waals surface area contributed by atoms with Crippen LogP contribution < -0.4 is 4.74 Å². The van der Waals surface area contributed by atoms with Gasteiger partial charge in [-0.3, -0.25) is 9.69 Å². The van der Waals surface area contributed by atoms with Gasteiger partial charge in [0, 0.05) is 12.6 Å². The maximum atomic E-state index is 12.6. The predicted octanol–water partition coefficient (Wildman–Crippen LogP) is 4.88. The monoisotopic (exact) mass is 366 g/mol. The van der Waals surface area contributed by atoms with Crippen molar-refractivity contribution in [2.45, 2.75) is 20.3 Å². The normalized spacial score (nSPS) is 17.3. The number of benzene rings is 2. The summed E-state index contributed by atoms with van der Waals surface area (Å²) in [5.41, 5.74) is 3.01. The molecule has 0 radical (unpaired) electrons. The molecule has 1 amide bonds. The van der Waals surface area contributed by atoms with Gasteiger partial charge in [-0.25, -0.2) is 4.99 Å². The van der Waals surface area contributed by atoms with Crippen molar-refractivity contribution in [3.8, 4) is 5.75 Å². The zero-order valence-electron chi connectivity index (χ0n) is 15.2. The molecule has 134 valence electrons. The van der Waals surface area contributed by atoms with E-state index in [0.29, 0.717) is 16.7 Å². The Morgan fingerprint density at radius 3 is 2.54 bits per heavy atom. The molecule has 2 aromatic carbocycles. The molecule has 0 unspecified atom stereocenters. The van der Waals surface area contributed by atoms with Crippen LogP contribution in [-0.4, -0.2) is 29.6 Å². The van der Waals surface area contributed by atoms with E-state index in [0.717, 1.165) is 23.4 Å². The summed E-state index contributed by atoms with van der Waals surface area (Å²) < 4.78 is 5.64. The first-order chi connectivity index (χ1) is 12.6. The first-order valence-corrected chi connectivity index (χ1v) is 9.51. The molecule has 1 aliphatic rings. The maximum Gasteiger partial charge on any atom is 0.266 e. The molecule has 1 fully saturated rings. The van der Waals surface area contributed by atoms with Crippen molar-refractivity contribution in [2.24, 2.45) is 4.99 Å². The SMILES string of the molecule is CCOc1ccccc1/C=C1/SC(=Nc2ccc(CC)cc2)N(C)C1=O. The highest BCUT2D eigenvalue weighted by Crippen LogP contribution is 2.34. The third kappa shape index (κ3) is 3.99. The Morgan fingerprint density at radius 1 is 1.12 bits per heavy atom. The summed E-state index contributed by atoms with van der Waals surface area (Å²) in [7, 11) is 1.75. The Kier molecular flexibility index (Phi) is 5.78. The second kappa shape index (κ2) is 8.23. The molecule has 5 heteroatoms. The summed E-state index contributed by atoms with van der Waals surface area (Å²) in [5.74, 6) is 0.726. The van der Waals surface area contributed by atoms with Gasteiger partial charge >= 0.3 is 0 Å². The van der Waals surface area contributed by atoms with Crippen LogP contribution in [0.3, 0.4) is 0 Å². The van der Waals surface area contributed by atoms with Crippen LogP contribution in [0.15, 0.2) is 58.4 Å². The minimum absolute atomic E-state index is 0.0507. The van der Waals surface area contributed by atoms with Crippen LogP contribution >= 0.6 is 11.8 Å². The fourth-order valence-electron chi connectivity index (χ4n) is 2.60. The van der Waals surface area contributed by atoms with E-state index in [4.69, 9.17) is 4.74 Å². The molecule has 0 aliphatic carbocycles. The van der Waals surface area contributed by atoms with Gasteiger partial charge in [0.1, 0.15) is 5.75 Å². The molecule has 0 saturated carbocycles. The second-order valence-electron chi connectivity index (χ2n) is 5.86.